The molecule has 45 heavy (non-hydrogen) atoms. The first-order chi connectivity index (χ1) is 21.1. The monoisotopic (exact) mass is 646 g/mol. The zero-order valence-corrected chi connectivity index (χ0v) is 23.7. The third kappa shape index (κ3) is 8.87. The summed E-state index contributed by atoms with van der Waals surface area (Å²) in [7, 11) is 3.31. The van der Waals surface area contributed by atoms with E-state index in [4.69, 9.17) is 29.3 Å². The number of carboxylic acids is 2. The quantitative estimate of drug-likeness (QED) is 0.377. The third-order valence-corrected chi connectivity index (χ3v) is 6.79. The van der Waals surface area contributed by atoms with Gasteiger partial charge in [-0.15, -0.1) is 0 Å². The number of methoxy groups -OCH3 is 2. The Labute approximate surface area is 252 Å². The van der Waals surface area contributed by atoms with E-state index in [1.165, 1.54) is 0 Å². The molecule has 2 N–H and O–H groups in total. The van der Waals surface area contributed by atoms with Crippen molar-refractivity contribution in [1.29, 1.82) is 0 Å². The fraction of sp³-hybridized carbons (Fsp3) is 0.357. The Kier molecular flexibility index (Phi) is 11.0. The van der Waals surface area contributed by atoms with E-state index in [-0.39, 0.29) is 18.0 Å². The van der Waals surface area contributed by atoms with Crippen LogP contribution in [0.15, 0.2) is 60.9 Å². The Morgan fingerprint density at radius 3 is 1.98 bits per heavy atom. The molecule has 0 bridgehead atoms. The molecular formula is C28H28F6N4O7. The Morgan fingerprint density at radius 2 is 1.44 bits per heavy atom. The second kappa shape index (κ2) is 14.3. The van der Waals surface area contributed by atoms with E-state index >= 15 is 0 Å². The highest BCUT2D eigenvalue weighted by Crippen LogP contribution is 2.36. The number of carbonyl (C=O) groups excluding carboxylic acids is 1. The van der Waals surface area contributed by atoms with Crippen LogP contribution < -0.4 is 9.47 Å². The number of amides is 1. The van der Waals surface area contributed by atoms with Gasteiger partial charge in [-0.2, -0.15) is 26.3 Å². The molecule has 11 nitrogen and oxygen atoms in total. The molecule has 2 aromatic heterocycles. The highest BCUT2D eigenvalue weighted by molar-refractivity contribution is 5.94. The SMILES string of the molecule is COc1ccc(CN2C(=O)c3cccn3[C@H]3CN(Cc4cccnc4OC)C[C@H]32)cc1.O=C(O)C(F)(F)F.O=C(O)C(F)(F)F. The van der Waals surface area contributed by atoms with Crippen molar-refractivity contribution in [2.75, 3.05) is 27.3 Å². The largest absolute Gasteiger partial charge is 0.497 e. The standard InChI is InChI=1S/C24H26N4O3.2C2HF3O2/c1-30-19-9-7-17(8-10-19)13-28-22-16-26(14-18-5-3-11-25-23(18)31-2)15-21(22)27-12-4-6-20(27)24(28)29;2*3-2(4,5)1(6)7/h3-12,21-22H,13-16H2,1-2H3;2*(H,6,7)/t21-,22+;;/m0../s1. The Balaban J connectivity index is 0.000000331. The van der Waals surface area contributed by atoms with Crippen molar-refractivity contribution >= 4 is 17.8 Å². The molecule has 244 valence electrons. The van der Waals surface area contributed by atoms with Gasteiger partial charge in [-0.25, -0.2) is 14.6 Å². The molecule has 1 aromatic carbocycles. The lowest BCUT2D eigenvalue weighted by Gasteiger charge is -2.38. The number of aliphatic carboxylic acids is 2. The van der Waals surface area contributed by atoms with Gasteiger partial charge in [-0.1, -0.05) is 18.2 Å². The molecule has 1 amide bonds. The van der Waals surface area contributed by atoms with Crippen LogP contribution in [0.2, 0.25) is 0 Å². The van der Waals surface area contributed by atoms with Crippen molar-refractivity contribution in [2.24, 2.45) is 0 Å². The van der Waals surface area contributed by atoms with Crippen LogP contribution in [-0.2, 0) is 22.7 Å². The number of fused-ring (bicyclic) bond motifs is 3. The molecule has 2 aliphatic rings. The summed E-state index contributed by atoms with van der Waals surface area (Å²) in [5, 5.41) is 14.2. The molecular weight excluding hydrogens is 618 g/mol. The number of hydrogen-bond donors (Lipinski definition) is 2. The number of aromatic nitrogens is 2. The van der Waals surface area contributed by atoms with Crippen LogP contribution in [0.25, 0.3) is 0 Å². The Bertz CT molecular complexity index is 1450. The zero-order chi connectivity index (χ0) is 33.5. The fourth-order valence-electron chi connectivity index (χ4n) is 4.80. The van der Waals surface area contributed by atoms with Crippen molar-refractivity contribution < 1.29 is 60.4 Å². The molecule has 1 saturated heterocycles. The third-order valence-electron chi connectivity index (χ3n) is 6.79. The van der Waals surface area contributed by atoms with Crippen LogP contribution in [0.5, 0.6) is 11.6 Å². The number of ether oxygens (including phenoxy) is 2. The minimum Gasteiger partial charge on any atom is -0.497 e. The number of halogens is 6. The lowest BCUT2D eigenvalue weighted by molar-refractivity contribution is -0.193. The molecule has 0 spiro atoms. The number of benzene rings is 1. The molecule has 3 aromatic rings. The summed E-state index contributed by atoms with van der Waals surface area (Å²) in [5.74, 6) is -3.95. The van der Waals surface area contributed by atoms with Crippen molar-refractivity contribution in [3.05, 3.63) is 77.7 Å². The first kappa shape index (κ1) is 34.7. The molecule has 4 heterocycles. The second-order valence-electron chi connectivity index (χ2n) is 9.69. The van der Waals surface area contributed by atoms with Crippen LogP contribution in [0, 0.1) is 0 Å². The molecule has 5 rings (SSSR count). The summed E-state index contributed by atoms with van der Waals surface area (Å²) in [6.45, 7) is 3.00. The molecule has 0 radical (unpaired) electrons. The average Bonchev–Trinajstić information content (AvgIpc) is 3.63. The zero-order valence-electron chi connectivity index (χ0n) is 23.7. The van der Waals surface area contributed by atoms with Crippen LogP contribution in [0.4, 0.5) is 26.3 Å². The van der Waals surface area contributed by atoms with Gasteiger partial charge >= 0.3 is 24.3 Å². The first-order valence-corrected chi connectivity index (χ1v) is 13.0. The molecule has 1 fully saturated rings. The summed E-state index contributed by atoms with van der Waals surface area (Å²) >= 11 is 0. The summed E-state index contributed by atoms with van der Waals surface area (Å²) in [4.78, 5) is 39.9. The number of rotatable bonds is 6. The van der Waals surface area contributed by atoms with E-state index in [9.17, 15) is 31.1 Å². The highest BCUT2D eigenvalue weighted by atomic mass is 19.4. The lowest BCUT2D eigenvalue weighted by atomic mass is 10.0. The molecule has 0 saturated carbocycles. The number of likely N-dealkylation sites (tertiary alicyclic amines) is 1. The van der Waals surface area contributed by atoms with Crippen molar-refractivity contribution in [3.63, 3.8) is 0 Å². The van der Waals surface area contributed by atoms with Gasteiger partial charge in [-0.05, 0) is 35.9 Å². The minimum atomic E-state index is -5.08. The first-order valence-electron chi connectivity index (χ1n) is 13.0. The Morgan fingerprint density at radius 1 is 0.867 bits per heavy atom. The molecule has 0 unspecified atom stereocenters. The van der Waals surface area contributed by atoms with Gasteiger partial charge in [0.05, 0.1) is 26.3 Å². The predicted octanol–water partition coefficient (Wildman–Crippen LogP) is 4.25. The number of alkyl halides is 6. The lowest BCUT2D eigenvalue weighted by Crippen LogP contribution is -2.49. The summed E-state index contributed by atoms with van der Waals surface area (Å²) in [5.41, 5.74) is 2.92. The van der Waals surface area contributed by atoms with Crippen molar-refractivity contribution in [3.8, 4) is 11.6 Å². The maximum atomic E-state index is 13.3. The van der Waals surface area contributed by atoms with Gasteiger partial charge in [0.15, 0.2) is 0 Å². The van der Waals surface area contributed by atoms with E-state index in [2.05, 4.69) is 20.5 Å². The normalized spacial score (nSPS) is 17.6. The van der Waals surface area contributed by atoms with Gasteiger partial charge in [-0.3, -0.25) is 9.69 Å². The second-order valence-corrected chi connectivity index (χ2v) is 9.69. The van der Waals surface area contributed by atoms with E-state index in [0.29, 0.717) is 12.4 Å². The summed E-state index contributed by atoms with van der Waals surface area (Å²) in [6, 6.07) is 16.2. The van der Waals surface area contributed by atoms with Gasteiger partial charge < -0.3 is 29.2 Å². The topological polar surface area (TPSA) is 134 Å². The van der Waals surface area contributed by atoms with Gasteiger partial charge in [0, 0.05) is 44.1 Å². The van der Waals surface area contributed by atoms with Crippen LogP contribution in [0.1, 0.15) is 27.7 Å². The number of carboxylic acid groups (broad SMARTS) is 2. The van der Waals surface area contributed by atoms with Crippen LogP contribution in [-0.4, -0.2) is 93.1 Å². The number of nitrogens with zero attached hydrogens (tertiary/aromatic N) is 4. The highest BCUT2D eigenvalue weighted by Gasteiger charge is 2.45. The molecule has 17 heteroatoms. The van der Waals surface area contributed by atoms with Crippen molar-refractivity contribution in [1.82, 2.24) is 19.4 Å². The summed E-state index contributed by atoms with van der Waals surface area (Å²) in [6.07, 6.45) is -6.39. The van der Waals surface area contributed by atoms with Crippen molar-refractivity contribution in [2.45, 2.75) is 37.5 Å². The maximum Gasteiger partial charge on any atom is 0.490 e. The fourth-order valence-corrected chi connectivity index (χ4v) is 4.80. The van der Waals surface area contributed by atoms with Crippen LogP contribution in [0.3, 0.4) is 0 Å². The van der Waals surface area contributed by atoms with E-state index < -0.39 is 24.3 Å². The molecule has 2 aliphatic heterocycles. The number of carbonyl (C=O) groups is 3. The van der Waals surface area contributed by atoms with Gasteiger partial charge in [0.1, 0.15) is 11.4 Å². The average molecular weight is 647 g/mol. The maximum absolute atomic E-state index is 13.3. The summed E-state index contributed by atoms with van der Waals surface area (Å²) < 4.78 is 76.3. The number of pyridine rings is 1. The predicted molar refractivity (Wildman–Crippen MR) is 144 cm³/mol. The van der Waals surface area contributed by atoms with E-state index in [1.807, 2.05) is 53.6 Å². The van der Waals surface area contributed by atoms with Gasteiger partial charge in [0.2, 0.25) is 5.88 Å². The van der Waals surface area contributed by atoms with E-state index in [0.717, 1.165) is 42.2 Å². The smallest absolute Gasteiger partial charge is 0.490 e. The van der Waals surface area contributed by atoms with E-state index in [1.54, 1.807) is 20.4 Å². The minimum absolute atomic E-state index is 0.0860. The number of hydrogen-bond acceptors (Lipinski definition) is 7. The Hall–Kier alpha value is -4.80. The van der Waals surface area contributed by atoms with Gasteiger partial charge in [0.25, 0.3) is 5.91 Å². The molecule has 0 aliphatic carbocycles. The molecule has 2 atom stereocenters. The van der Waals surface area contributed by atoms with Crippen LogP contribution >= 0.6 is 0 Å².